The number of anilines is 1. The average Bonchev–Trinajstić information content (AvgIpc) is 3.82. The number of fused-ring (bicyclic) bond motifs is 7. The molecule has 12 nitrogen and oxygen atoms in total. The summed E-state index contributed by atoms with van der Waals surface area (Å²) < 4.78 is 55.5. The minimum Gasteiger partial charge on any atom is -0.461 e. The first kappa shape index (κ1) is 29.9. The van der Waals surface area contributed by atoms with Crippen LogP contribution in [0.2, 0.25) is 0 Å². The van der Waals surface area contributed by atoms with Crippen molar-refractivity contribution in [3.05, 3.63) is 35.4 Å². The van der Waals surface area contributed by atoms with E-state index in [1.54, 1.807) is 19.3 Å². The van der Waals surface area contributed by atoms with Crippen LogP contribution in [0, 0.1) is 5.82 Å². The van der Waals surface area contributed by atoms with Crippen molar-refractivity contribution in [1.29, 1.82) is 0 Å². The molecule has 0 radical (unpaired) electrons. The zero-order chi connectivity index (χ0) is 32.6. The summed E-state index contributed by atoms with van der Waals surface area (Å²) >= 11 is 0. The van der Waals surface area contributed by atoms with Crippen molar-refractivity contribution >= 4 is 33.8 Å². The van der Waals surface area contributed by atoms with Crippen molar-refractivity contribution in [2.45, 2.75) is 68.7 Å². The number of hydrogen-bond donors (Lipinski definition) is 1. The van der Waals surface area contributed by atoms with Gasteiger partial charge in [0.25, 0.3) is 0 Å². The maximum Gasteiger partial charge on any atom is 0.508 e. The number of alkyl halides is 1. The Bertz CT molecular complexity index is 1940. The van der Waals surface area contributed by atoms with E-state index in [0.29, 0.717) is 49.3 Å². The molecule has 1 aliphatic carbocycles. The second-order valence-corrected chi connectivity index (χ2v) is 14.2. The van der Waals surface area contributed by atoms with Crippen LogP contribution in [0.4, 0.5) is 19.4 Å². The smallest absolute Gasteiger partial charge is 0.461 e. The molecule has 6 aliphatic rings. The number of H-pyrrole nitrogens is 1. The number of ether oxygens (including phenoxy) is 4. The molecule has 2 unspecified atom stereocenters. The third-order valence-corrected chi connectivity index (χ3v) is 10.9. The first-order valence-electron chi connectivity index (χ1n) is 16.9. The van der Waals surface area contributed by atoms with Crippen LogP contribution in [-0.2, 0) is 20.6 Å². The second kappa shape index (κ2) is 11.2. The van der Waals surface area contributed by atoms with Crippen LogP contribution >= 0.6 is 0 Å². The molecule has 14 heteroatoms. The standard InChI is InChI=1S/C34H37F2N7O5/c1-33-16-42(8-10-45-17-33)30-23-13-37-29(27(36)28(23)39-31(40-30)47-18-34-6-2-7-43(34)15-21(35)12-34)26-22-14-38-41-24(22)11-20-4-3-19(25(20)26)5-9-46-32(44)48-33/h11,13-14,19,21H,2-10,12,15-18H2,1H3,(H,38,41)/t19?,21-,33?,34+/m1/s1. The normalized spacial score (nSPS) is 28.9. The van der Waals surface area contributed by atoms with Gasteiger partial charge in [0.1, 0.15) is 29.8 Å². The molecule has 48 heavy (non-hydrogen) atoms. The number of aryl methyl sites for hydroxylation is 1. The van der Waals surface area contributed by atoms with Gasteiger partial charge in [-0.3, -0.25) is 15.0 Å². The van der Waals surface area contributed by atoms with Gasteiger partial charge in [-0.2, -0.15) is 15.1 Å². The van der Waals surface area contributed by atoms with Crippen molar-refractivity contribution in [2.75, 3.05) is 57.5 Å². The SMILES string of the molecule is CC12COCCN(C1)c1nc(OC[C@@]34CCCN3C[C@H](F)C4)nc3c(F)c(ncc13)-c1c3c(cc4[nH]ncc14)CCC3CCOC(=O)O2. The summed E-state index contributed by atoms with van der Waals surface area (Å²) in [7, 11) is 0. The van der Waals surface area contributed by atoms with E-state index in [-0.39, 0.29) is 49.5 Å². The third-order valence-electron chi connectivity index (χ3n) is 10.9. The predicted molar refractivity (Wildman–Crippen MR) is 170 cm³/mol. The van der Waals surface area contributed by atoms with Crippen LogP contribution in [0.25, 0.3) is 33.1 Å². The Balaban J connectivity index is 1.23. The zero-order valence-electron chi connectivity index (χ0n) is 26.8. The van der Waals surface area contributed by atoms with E-state index in [2.05, 4.69) is 26.1 Å². The highest BCUT2D eigenvalue weighted by molar-refractivity contribution is 6.00. The number of rotatable bonds is 3. The Hall–Kier alpha value is -4.17. The van der Waals surface area contributed by atoms with Crippen molar-refractivity contribution in [3.8, 4) is 17.3 Å². The number of aromatic nitrogens is 5. The predicted octanol–water partition coefficient (Wildman–Crippen LogP) is 4.84. The Morgan fingerprint density at radius 1 is 1.17 bits per heavy atom. The number of pyridine rings is 1. The third kappa shape index (κ3) is 4.86. The molecule has 10 rings (SSSR count). The Labute approximate surface area is 275 Å². The quantitative estimate of drug-likeness (QED) is 0.303. The van der Waals surface area contributed by atoms with E-state index in [0.717, 1.165) is 54.3 Å². The Morgan fingerprint density at radius 3 is 3.00 bits per heavy atom. The molecular weight excluding hydrogens is 624 g/mol. The molecule has 0 spiro atoms. The molecule has 4 atom stereocenters. The van der Waals surface area contributed by atoms with Gasteiger partial charge in [-0.15, -0.1) is 0 Å². The lowest BCUT2D eigenvalue weighted by molar-refractivity contribution is -0.0578. The lowest BCUT2D eigenvalue weighted by Gasteiger charge is -2.33. The highest BCUT2D eigenvalue weighted by Crippen LogP contribution is 2.47. The summed E-state index contributed by atoms with van der Waals surface area (Å²) in [5.74, 6) is -0.205. The van der Waals surface area contributed by atoms with Crippen LogP contribution in [0.15, 0.2) is 18.5 Å². The highest BCUT2D eigenvalue weighted by atomic mass is 19.1. The number of nitrogens with zero attached hydrogens (tertiary/aromatic N) is 6. The molecule has 0 amide bonds. The van der Waals surface area contributed by atoms with Crippen molar-refractivity contribution in [2.24, 2.45) is 0 Å². The monoisotopic (exact) mass is 661 g/mol. The molecule has 0 saturated carbocycles. The lowest BCUT2D eigenvalue weighted by Crippen LogP contribution is -2.46. The van der Waals surface area contributed by atoms with Crippen LogP contribution < -0.4 is 9.64 Å². The van der Waals surface area contributed by atoms with Gasteiger partial charge in [0.2, 0.25) is 0 Å². The topological polar surface area (TPSA) is 128 Å². The first-order valence-corrected chi connectivity index (χ1v) is 16.9. The van der Waals surface area contributed by atoms with Crippen LogP contribution in [0.3, 0.4) is 0 Å². The molecule has 252 valence electrons. The van der Waals surface area contributed by atoms with Gasteiger partial charge in [-0.25, -0.2) is 13.6 Å². The molecule has 5 aliphatic heterocycles. The van der Waals surface area contributed by atoms with E-state index < -0.39 is 29.3 Å². The summed E-state index contributed by atoms with van der Waals surface area (Å²) in [5.41, 5.74) is 2.21. The molecule has 3 saturated heterocycles. The van der Waals surface area contributed by atoms with Gasteiger partial charge in [-0.1, -0.05) is 0 Å². The molecule has 1 N–H and O–H groups in total. The largest absolute Gasteiger partial charge is 0.508 e. The summed E-state index contributed by atoms with van der Waals surface area (Å²) in [5, 5.41) is 8.47. The fourth-order valence-corrected chi connectivity index (χ4v) is 8.75. The highest BCUT2D eigenvalue weighted by Gasteiger charge is 2.49. The number of nitrogens with one attached hydrogen (secondary N) is 1. The van der Waals surface area contributed by atoms with Gasteiger partial charge in [0, 0.05) is 36.7 Å². The molecule has 4 aromatic rings. The number of halogens is 2. The van der Waals surface area contributed by atoms with Crippen LogP contribution in [0.5, 0.6) is 6.01 Å². The van der Waals surface area contributed by atoms with E-state index in [4.69, 9.17) is 28.9 Å². The molecule has 3 aromatic heterocycles. The van der Waals surface area contributed by atoms with E-state index in [1.165, 1.54) is 0 Å². The van der Waals surface area contributed by atoms with Gasteiger partial charge in [0.05, 0.1) is 49.0 Å². The lowest BCUT2D eigenvalue weighted by atomic mass is 9.89. The maximum atomic E-state index is 17.2. The second-order valence-electron chi connectivity index (χ2n) is 14.2. The fraction of sp³-hybridized carbons (Fsp3) is 0.559. The summed E-state index contributed by atoms with van der Waals surface area (Å²) in [6.07, 6.45) is 5.93. The Kier molecular flexibility index (Phi) is 6.98. The number of hydrogen-bond acceptors (Lipinski definition) is 11. The van der Waals surface area contributed by atoms with Crippen molar-refractivity contribution in [1.82, 2.24) is 30.0 Å². The van der Waals surface area contributed by atoms with Crippen molar-refractivity contribution in [3.63, 3.8) is 0 Å². The number of carbonyl (C=O) groups is 1. The molecular formula is C34H37F2N7O5. The first-order chi connectivity index (χ1) is 23.3. The maximum absolute atomic E-state index is 17.2. The molecule has 3 fully saturated rings. The minimum absolute atomic E-state index is 0.00148. The zero-order valence-corrected chi connectivity index (χ0v) is 26.8. The van der Waals surface area contributed by atoms with Gasteiger partial charge >= 0.3 is 12.2 Å². The Morgan fingerprint density at radius 2 is 2.08 bits per heavy atom. The van der Waals surface area contributed by atoms with Crippen LogP contribution in [-0.4, -0.2) is 106 Å². The van der Waals surface area contributed by atoms with E-state index in [1.807, 2.05) is 4.90 Å². The van der Waals surface area contributed by atoms with E-state index in [9.17, 15) is 9.18 Å². The van der Waals surface area contributed by atoms with Gasteiger partial charge < -0.3 is 23.8 Å². The minimum atomic E-state index is -1.09. The van der Waals surface area contributed by atoms with Gasteiger partial charge in [-0.05, 0) is 68.7 Å². The molecule has 8 heterocycles. The average molecular weight is 662 g/mol. The number of carbonyl (C=O) groups excluding carboxylic acids is 1. The summed E-state index contributed by atoms with van der Waals surface area (Å²) in [6, 6.07) is 2.06. The number of aromatic amines is 1. The summed E-state index contributed by atoms with van der Waals surface area (Å²) in [6.45, 7) is 4.36. The number of benzene rings is 1. The fourth-order valence-electron chi connectivity index (χ4n) is 8.75. The van der Waals surface area contributed by atoms with Gasteiger partial charge in [0.15, 0.2) is 11.4 Å². The van der Waals surface area contributed by atoms with E-state index >= 15 is 4.39 Å². The molecule has 1 aromatic carbocycles. The summed E-state index contributed by atoms with van der Waals surface area (Å²) in [4.78, 5) is 31.3. The molecule has 6 bridgehead atoms. The van der Waals surface area contributed by atoms with Crippen molar-refractivity contribution < 1.29 is 32.5 Å². The van der Waals surface area contributed by atoms with Crippen LogP contribution in [0.1, 0.15) is 56.1 Å².